The lowest BCUT2D eigenvalue weighted by Crippen LogP contribution is -2.40. The van der Waals surface area contributed by atoms with Gasteiger partial charge in [0, 0.05) is 48.4 Å². The maximum atomic E-state index is 13.1. The molecule has 2 amide bonds. The lowest BCUT2D eigenvalue weighted by molar-refractivity contribution is 0.193. The number of thiazole rings is 1. The molecule has 0 saturated carbocycles. The number of urea groups is 1. The minimum Gasteiger partial charge on any atom is -0.348 e. The molecule has 5 rings (SSSR count). The van der Waals surface area contributed by atoms with Gasteiger partial charge in [-0.1, -0.05) is 23.5 Å². The number of pyridine rings is 1. The quantitative estimate of drug-likeness (QED) is 0.398. The van der Waals surface area contributed by atoms with Gasteiger partial charge < -0.3 is 9.88 Å². The van der Waals surface area contributed by atoms with Crippen LogP contribution in [0.25, 0.3) is 21.7 Å². The molecule has 1 aromatic carbocycles. The normalized spacial score (nSPS) is 14.0. The number of rotatable bonds is 4. The van der Waals surface area contributed by atoms with Crippen molar-refractivity contribution in [3.05, 3.63) is 71.6 Å². The van der Waals surface area contributed by atoms with Gasteiger partial charge in [-0.05, 0) is 56.5 Å². The van der Waals surface area contributed by atoms with Crippen LogP contribution in [0.1, 0.15) is 41.5 Å². The first-order chi connectivity index (χ1) is 17.0. The lowest BCUT2D eigenvalue weighted by Gasteiger charge is -2.30. The van der Waals surface area contributed by atoms with Crippen LogP contribution in [0.2, 0.25) is 0 Å². The standard InChI is InChI=1S/C26H25N7OS/c1-16-12-21(13-17(2)30-16)23-22(20-5-3-4-18(14-20)15-27)31-25(35-23)32-26(34)33-10-6-19(7-11-33)24-28-8-9-29-24/h3-5,8-9,12-14,19H,6-7,10-11H2,1-2H3,(H,28,29)(H,31,32,34). The molecular weight excluding hydrogens is 458 g/mol. The van der Waals surface area contributed by atoms with Gasteiger partial charge >= 0.3 is 6.03 Å². The molecule has 8 nitrogen and oxygen atoms in total. The molecule has 4 aromatic rings. The summed E-state index contributed by atoms with van der Waals surface area (Å²) in [5.41, 5.74) is 4.95. The number of nitrogens with one attached hydrogen (secondary N) is 2. The van der Waals surface area contributed by atoms with Crippen LogP contribution in [0.15, 0.2) is 48.8 Å². The van der Waals surface area contributed by atoms with Crippen molar-refractivity contribution in [1.29, 1.82) is 5.26 Å². The summed E-state index contributed by atoms with van der Waals surface area (Å²) in [6, 6.07) is 13.5. The molecule has 1 saturated heterocycles. The molecule has 4 heterocycles. The van der Waals surface area contributed by atoms with Gasteiger partial charge in [-0.15, -0.1) is 0 Å². The summed E-state index contributed by atoms with van der Waals surface area (Å²) in [6.45, 7) is 5.25. The topological polar surface area (TPSA) is 111 Å². The van der Waals surface area contributed by atoms with E-state index in [1.165, 1.54) is 11.3 Å². The van der Waals surface area contributed by atoms with E-state index in [0.29, 0.717) is 29.7 Å². The second-order valence-corrected chi connectivity index (χ2v) is 9.69. The number of carbonyl (C=O) groups excluding carboxylic acids is 1. The molecule has 1 fully saturated rings. The molecule has 2 N–H and O–H groups in total. The zero-order valence-electron chi connectivity index (χ0n) is 19.6. The van der Waals surface area contributed by atoms with Crippen LogP contribution in [-0.2, 0) is 0 Å². The number of imidazole rings is 1. The van der Waals surface area contributed by atoms with Crippen molar-refractivity contribution >= 4 is 22.5 Å². The summed E-state index contributed by atoms with van der Waals surface area (Å²) in [4.78, 5) is 32.7. The molecule has 0 unspecified atom stereocenters. The Morgan fingerprint density at radius 2 is 1.91 bits per heavy atom. The van der Waals surface area contributed by atoms with E-state index < -0.39 is 0 Å². The van der Waals surface area contributed by atoms with Gasteiger partial charge in [-0.3, -0.25) is 10.3 Å². The molecule has 1 aliphatic heterocycles. The van der Waals surface area contributed by atoms with Crippen LogP contribution in [0.5, 0.6) is 0 Å². The average molecular weight is 484 g/mol. The number of amides is 2. The summed E-state index contributed by atoms with van der Waals surface area (Å²) >= 11 is 1.43. The number of hydrogen-bond acceptors (Lipinski definition) is 6. The number of benzene rings is 1. The van der Waals surface area contributed by atoms with E-state index in [4.69, 9.17) is 4.98 Å². The average Bonchev–Trinajstić information content (AvgIpc) is 3.54. The maximum absolute atomic E-state index is 13.1. The summed E-state index contributed by atoms with van der Waals surface area (Å²) in [5.74, 6) is 1.33. The molecule has 3 aromatic heterocycles. The Balaban J connectivity index is 1.41. The zero-order valence-corrected chi connectivity index (χ0v) is 20.4. The smallest absolute Gasteiger partial charge is 0.323 e. The maximum Gasteiger partial charge on any atom is 0.323 e. The number of hydrogen-bond donors (Lipinski definition) is 2. The summed E-state index contributed by atoms with van der Waals surface area (Å²) < 4.78 is 0. The van der Waals surface area contributed by atoms with Crippen LogP contribution in [0.4, 0.5) is 9.93 Å². The van der Waals surface area contributed by atoms with E-state index in [0.717, 1.165) is 51.8 Å². The largest absolute Gasteiger partial charge is 0.348 e. The van der Waals surface area contributed by atoms with E-state index in [9.17, 15) is 10.1 Å². The van der Waals surface area contributed by atoms with Crippen LogP contribution in [-0.4, -0.2) is 44.0 Å². The summed E-state index contributed by atoms with van der Waals surface area (Å²) in [7, 11) is 0. The van der Waals surface area contributed by atoms with Crippen molar-refractivity contribution in [2.45, 2.75) is 32.6 Å². The van der Waals surface area contributed by atoms with E-state index in [-0.39, 0.29) is 6.03 Å². The summed E-state index contributed by atoms with van der Waals surface area (Å²) in [6.07, 6.45) is 5.34. The van der Waals surface area contributed by atoms with Crippen LogP contribution >= 0.6 is 11.3 Å². The number of nitrogens with zero attached hydrogens (tertiary/aromatic N) is 5. The number of aryl methyl sites for hydroxylation is 2. The third kappa shape index (κ3) is 4.93. The monoisotopic (exact) mass is 483 g/mol. The molecule has 0 bridgehead atoms. The fourth-order valence-electron chi connectivity index (χ4n) is 4.49. The molecular formula is C26H25N7OS. The Bertz CT molecular complexity index is 1380. The first-order valence-electron chi connectivity index (χ1n) is 11.5. The fourth-order valence-corrected chi connectivity index (χ4v) is 5.46. The van der Waals surface area contributed by atoms with Gasteiger partial charge in [0.25, 0.3) is 0 Å². The van der Waals surface area contributed by atoms with Gasteiger partial charge in [0.15, 0.2) is 5.13 Å². The number of nitriles is 1. The highest BCUT2D eigenvalue weighted by atomic mass is 32.1. The molecule has 0 aliphatic carbocycles. The Morgan fingerprint density at radius 1 is 1.14 bits per heavy atom. The van der Waals surface area contributed by atoms with Gasteiger partial charge in [0.2, 0.25) is 0 Å². The predicted molar refractivity (Wildman–Crippen MR) is 136 cm³/mol. The van der Waals surface area contributed by atoms with E-state index in [2.05, 4.69) is 26.3 Å². The molecule has 0 atom stereocenters. The van der Waals surface area contributed by atoms with Crippen LogP contribution in [0, 0.1) is 25.2 Å². The molecule has 9 heteroatoms. The molecule has 0 spiro atoms. The highest BCUT2D eigenvalue weighted by Gasteiger charge is 2.26. The highest BCUT2D eigenvalue weighted by molar-refractivity contribution is 7.19. The first kappa shape index (κ1) is 22.7. The third-order valence-corrected chi connectivity index (χ3v) is 7.16. The molecule has 1 aliphatic rings. The van der Waals surface area contributed by atoms with Gasteiger partial charge in [-0.25, -0.2) is 14.8 Å². The van der Waals surface area contributed by atoms with Gasteiger partial charge in [0.05, 0.1) is 22.2 Å². The third-order valence-electron chi connectivity index (χ3n) is 6.14. The zero-order chi connectivity index (χ0) is 24.4. The van der Waals surface area contributed by atoms with Crippen molar-refractivity contribution < 1.29 is 4.79 Å². The van der Waals surface area contributed by atoms with Crippen LogP contribution in [0.3, 0.4) is 0 Å². The predicted octanol–water partition coefficient (Wildman–Crippen LogP) is 5.50. The van der Waals surface area contributed by atoms with E-state index in [1.54, 1.807) is 12.3 Å². The molecule has 0 radical (unpaired) electrons. The number of anilines is 1. The van der Waals surface area contributed by atoms with Crippen molar-refractivity contribution in [2.24, 2.45) is 0 Å². The van der Waals surface area contributed by atoms with Crippen molar-refractivity contribution in [1.82, 2.24) is 24.8 Å². The molecule has 35 heavy (non-hydrogen) atoms. The number of aromatic amines is 1. The Morgan fingerprint density at radius 3 is 2.60 bits per heavy atom. The SMILES string of the molecule is Cc1cc(-c2sc(NC(=O)N3CCC(c4ncc[nH]4)CC3)nc2-c2cccc(C#N)c2)cc(C)n1. The number of likely N-dealkylation sites (tertiary alicyclic amines) is 1. The van der Waals surface area contributed by atoms with Crippen molar-refractivity contribution in [3.63, 3.8) is 0 Å². The fraction of sp³-hybridized carbons (Fsp3) is 0.269. The highest BCUT2D eigenvalue weighted by Crippen LogP contribution is 2.40. The van der Waals surface area contributed by atoms with Crippen molar-refractivity contribution in [3.8, 4) is 27.8 Å². The minimum atomic E-state index is -0.150. The first-order valence-corrected chi connectivity index (χ1v) is 12.3. The van der Waals surface area contributed by atoms with Gasteiger partial charge in [0.1, 0.15) is 5.82 Å². The lowest BCUT2D eigenvalue weighted by atomic mass is 9.96. The molecule has 176 valence electrons. The van der Waals surface area contributed by atoms with E-state index in [1.807, 2.05) is 55.3 Å². The van der Waals surface area contributed by atoms with Gasteiger partial charge in [-0.2, -0.15) is 5.26 Å². The van der Waals surface area contributed by atoms with E-state index >= 15 is 0 Å². The van der Waals surface area contributed by atoms with Crippen molar-refractivity contribution in [2.75, 3.05) is 18.4 Å². The number of aromatic nitrogens is 4. The Labute approximate surface area is 207 Å². The number of carbonyl (C=O) groups is 1. The summed E-state index contributed by atoms with van der Waals surface area (Å²) in [5, 5.41) is 12.9. The second kappa shape index (κ2) is 9.68. The van der Waals surface area contributed by atoms with Crippen LogP contribution < -0.4 is 5.32 Å². The second-order valence-electron chi connectivity index (χ2n) is 8.69. The minimum absolute atomic E-state index is 0.150. The Kier molecular flexibility index (Phi) is 6.29. The number of H-pyrrole nitrogens is 1. The number of piperidine rings is 1. The Hall–Kier alpha value is -4.03.